The third-order valence-electron chi connectivity index (χ3n) is 1.82. The first-order valence-corrected chi connectivity index (χ1v) is 4.55. The van der Waals surface area contributed by atoms with Crippen molar-refractivity contribution in [3.8, 4) is 5.69 Å². The summed E-state index contributed by atoms with van der Waals surface area (Å²) in [5, 5.41) is 8.83. The fourth-order valence-corrected chi connectivity index (χ4v) is 1.33. The van der Waals surface area contributed by atoms with Crippen molar-refractivity contribution in [2.75, 3.05) is 0 Å². The summed E-state index contributed by atoms with van der Waals surface area (Å²) >= 11 is 5.98. The molecule has 0 bridgehead atoms. The second kappa shape index (κ2) is 5.11. The van der Waals surface area contributed by atoms with Gasteiger partial charge in [-0.1, -0.05) is 23.7 Å². The Morgan fingerprint density at radius 2 is 2.07 bits per heavy atom. The molecule has 0 spiro atoms. The summed E-state index contributed by atoms with van der Waals surface area (Å²) in [5.74, 6) is 0. The SMILES string of the molecule is Cl.NCc1cnn(-c2ccccc2Cl)n1. The summed E-state index contributed by atoms with van der Waals surface area (Å²) in [6.45, 7) is 0.379. The third-order valence-corrected chi connectivity index (χ3v) is 2.14. The topological polar surface area (TPSA) is 56.7 Å². The van der Waals surface area contributed by atoms with E-state index in [1.54, 1.807) is 12.3 Å². The number of para-hydroxylation sites is 1. The van der Waals surface area contributed by atoms with E-state index >= 15 is 0 Å². The first kappa shape index (κ1) is 12.0. The number of halogens is 2. The fraction of sp³-hybridized carbons (Fsp3) is 0.111. The van der Waals surface area contributed by atoms with Crippen LogP contribution in [0.5, 0.6) is 0 Å². The maximum atomic E-state index is 5.98. The maximum Gasteiger partial charge on any atom is 0.104 e. The molecule has 2 rings (SSSR count). The van der Waals surface area contributed by atoms with Crippen LogP contribution in [0.4, 0.5) is 0 Å². The van der Waals surface area contributed by atoms with Crippen molar-refractivity contribution in [2.45, 2.75) is 6.54 Å². The number of hydrogen-bond donors (Lipinski definition) is 1. The second-order valence-electron chi connectivity index (χ2n) is 2.78. The van der Waals surface area contributed by atoms with E-state index < -0.39 is 0 Å². The van der Waals surface area contributed by atoms with Gasteiger partial charge >= 0.3 is 0 Å². The molecule has 0 saturated heterocycles. The van der Waals surface area contributed by atoms with Gasteiger partial charge in [-0.05, 0) is 12.1 Å². The van der Waals surface area contributed by atoms with Crippen LogP contribution in [0.15, 0.2) is 30.5 Å². The van der Waals surface area contributed by atoms with Crippen LogP contribution >= 0.6 is 24.0 Å². The maximum absolute atomic E-state index is 5.98. The first-order valence-electron chi connectivity index (χ1n) is 4.17. The number of benzene rings is 1. The largest absolute Gasteiger partial charge is 0.325 e. The van der Waals surface area contributed by atoms with Gasteiger partial charge in [0.05, 0.1) is 16.9 Å². The minimum Gasteiger partial charge on any atom is -0.325 e. The Morgan fingerprint density at radius 1 is 1.33 bits per heavy atom. The smallest absolute Gasteiger partial charge is 0.104 e. The van der Waals surface area contributed by atoms with Crippen molar-refractivity contribution in [1.29, 1.82) is 0 Å². The van der Waals surface area contributed by atoms with E-state index in [1.165, 1.54) is 4.80 Å². The van der Waals surface area contributed by atoms with Gasteiger partial charge in [-0.2, -0.15) is 10.2 Å². The molecule has 0 fully saturated rings. The predicted octanol–water partition coefficient (Wildman–Crippen LogP) is 1.80. The number of rotatable bonds is 2. The molecule has 0 unspecified atom stereocenters. The molecule has 0 aliphatic rings. The third kappa shape index (κ3) is 2.47. The van der Waals surface area contributed by atoms with Crippen molar-refractivity contribution in [1.82, 2.24) is 15.0 Å². The highest BCUT2D eigenvalue weighted by atomic mass is 35.5. The predicted molar refractivity (Wildman–Crippen MR) is 61.5 cm³/mol. The van der Waals surface area contributed by atoms with Crippen molar-refractivity contribution in [2.24, 2.45) is 5.73 Å². The summed E-state index contributed by atoms with van der Waals surface area (Å²) in [6, 6.07) is 7.39. The molecule has 0 aliphatic carbocycles. The molecule has 2 aromatic rings. The van der Waals surface area contributed by atoms with Crippen LogP contribution in [0.3, 0.4) is 0 Å². The average Bonchev–Trinajstić information content (AvgIpc) is 2.67. The fourth-order valence-electron chi connectivity index (χ4n) is 1.12. The van der Waals surface area contributed by atoms with Crippen LogP contribution in [0, 0.1) is 0 Å². The van der Waals surface area contributed by atoms with Gasteiger partial charge in [-0.3, -0.25) is 0 Å². The normalized spacial score (nSPS) is 9.73. The summed E-state index contributed by atoms with van der Waals surface area (Å²) in [4.78, 5) is 1.48. The van der Waals surface area contributed by atoms with E-state index in [4.69, 9.17) is 17.3 Å². The summed E-state index contributed by atoms with van der Waals surface area (Å²) in [5.41, 5.74) is 6.93. The molecule has 0 saturated carbocycles. The van der Waals surface area contributed by atoms with Crippen molar-refractivity contribution < 1.29 is 0 Å². The molecule has 1 aromatic heterocycles. The number of aromatic nitrogens is 3. The molecule has 15 heavy (non-hydrogen) atoms. The lowest BCUT2D eigenvalue weighted by atomic mass is 10.3. The van der Waals surface area contributed by atoms with E-state index in [0.29, 0.717) is 11.6 Å². The van der Waals surface area contributed by atoms with E-state index in [0.717, 1.165) is 11.4 Å². The average molecular weight is 245 g/mol. The molecule has 1 aromatic carbocycles. The standard InChI is InChI=1S/C9H9ClN4.ClH/c10-8-3-1-2-4-9(8)14-12-6-7(5-11)13-14;/h1-4,6H,5,11H2;1H. The lowest BCUT2D eigenvalue weighted by Gasteiger charge is -2.00. The molecule has 80 valence electrons. The highest BCUT2D eigenvalue weighted by molar-refractivity contribution is 6.32. The molecule has 0 aliphatic heterocycles. The van der Waals surface area contributed by atoms with E-state index in [9.17, 15) is 0 Å². The molecule has 0 radical (unpaired) electrons. The zero-order valence-electron chi connectivity index (χ0n) is 7.80. The minimum absolute atomic E-state index is 0. The van der Waals surface area contributed by atoms with E-state index in [1.807, 2.05) is 18.2 Å². The summed E-state index contributed by atoms with van der Waals surface area (Å²) in [7, 11) is 0. The summed E-state index contributed by atoms with van der Waals surface area (Å²) < 4.78 is 0. The second-order valence-corrected chi connectivity index (χ2v) is 3.19. The van der Waals surface area contributed by atoms with Crippen LogP contribution < -0.4 is 5.73 Å². The van der Waals surface area contributed by atoms with E-state index in [-0.39, 0.29) is 12.4 Å². The zero-order valence-corrected chi connectivity index (χ0v) is 9.37. The van der Waals surface area contributed by atoms with Crippen molar-refractivity contribution >= 4 is 24.0 Å². The number of hydrogen-bond acceptors (Lipinski definition) is 3. The van der Waals surface area contributed by atoms with Gasteiger partial charge in [0.2, 0.25) is 0 Å². The highest BCUT2D eigenvalue weighted by Gasteiger charge is 2.04. The van der Waals surface area contributed by atoms with Gasteiger partial charge in [0.15, 0.2) is 0 Å². The molecule has 6 heteroatoms. The minimum atomic E-state index is 0. The first-order chi connectivity index (χ1) is 6.81. The van der Waals surface area contributed by atoms with Crippen LogP contribution in [0.1, 0.15) is 5.69 Å². The van der Waals surface area contributed by atoms with Gasteiger partial charge in [0.25, 0.3) is 0 Å². The molecule has 2 N–H and O–H groups in total. The Kier molecular flexibility index (Phi) is 4.08. The van der Waals surface area contributed by atoms with Gasteiger partial charge in [-0.25, -0.2) is 0 Å². The monoisotopic (exact) mass is 244 g/mol. The quantitative estimate of drug-likeness (QED) is 0.877. The molecule has 0 atom stereocenters. The highest BCUT2D eigenvalue weighted by Crippen LogP contribution is 2.17. The summed E-state index contributed by atoms with van der Waals surface area (Å²) in [6.07, 6.45) is 1.63. The van der Waals surface area contributed by atoms with Crippen LogP contribution in [-0.2, 0) is 6.54 Å². The molecular weight excluding hydrogens is 235 g/mol. The lowest BCUT2D eigenvalue weighted by Crippen LogP contribution is -2.02. The Morgan fingerprint density at radius 3 is 2.67 bits per heavy atom. The van der Waals surface area contributed by atoms with Gasteiger partial charge < -0.3 is 5.73 Å². The van der Waals surface area contributed by atoms with Crippen LogP contribution in [-0.4, -0.2) is 15.0 Å². The Hall–Kier alpha value is -1.10. The Labute approximate surface area is 98.4 Å². The zero-order chi connectivity index (χ0) is 9.97. The van der Waals surface area contributed by atoms with Crippen molar-refractivity contribution in [3.63, 3.8) is 0 Å². The molecular formula is C9H10Cl2N4. The lowest BCUT2D eigenvalue weighted by molar-refractivity contribution is 0.738. The molecule has 1 heterocycles. The van der Waals surface area contributed by atoms with Gasteiger partial charge in [0.1, 0.15) is 5.69 Å². The van der Waals surface area contributed by atoms with Crippen molar-refractivity contribution in [3.05, 3.63) is 41.2 Å². The molecule has 4 nitrogen and oxygen atoms in total. The Balaban J connectivity index is 0.00000112. The van der Waals surface area contributed by atoms with Gasteiger partial charge in [-0.15, -0.1) is 17.2 Å². The van der Waals surface area contributed by atoms with Gasteiger partial charge in [0, 0.05) is 6.54 Å². The Bertz CT molecular complexity index is 441. The van der Waals surface area contributed by atoms with E-state index in [2.05, 4.69) is 10.2 Å². The van der Waals surface area contributed by atoms with Crippen LogP contribution in [0.25, 0.3) is 5.69 Å². The molecule has 0 amide bonds. The number of nitrogens with two attached hydrogens (primary N) is 1. The number of nitrogens with zero attached hydrogens (tertiary/aromatic N) is 3. The van der Waals surface area contributed by atoms with Crippen LogP contribution in [0.2, 0.25) is 5.02 Å².